The number of nitrogens with one attached hydrogen (secondary N) is 2. The van der Waals surface area contributed by atoms with Crippen LogP contribution in [0.1, 0.15) is 51.3 Å². The molecule has 0 unspecified atom stereocenters. The molecule has 1 saturated heterocycles. The fraction of sp³-hybridized carbons (Fsp3) is 0.200. The number of carboxylic acids is 1. The molecule has 7 N–H and O–H groups in total. The number of hydroxylamine groups is 2. The molecule has 15 heteroatoms. The van der Waals surface area contributed by atoms with E-state index in [9.17, 15) is 28.8 Å². The van der Waals surface area contributed by atoms with Gasteiger partial charge in [0, 0.05) is 38.1 Å². The van der Waals surface area contributed by atoms with Crippen molar-refractivity contribution < 1.29 is 53.7 Å². The van der Waals surface area contributed by atoms with Crippen molar-refractivity contribution in [2.24, 2.45) is 5.73 Å². The average molecular weight is 629 g/mol. The number of ether oxygens (including phenoxy) is 1. The van der Waals surface area contributed by atoms with E-state index in [1.807, 2.05) is 0 Å². The van der Waals surface area contributed by atoms with E-state index in [0.29, 0.717) is 16.2 Å². The van der Waals surface area contributed by atoms with Crippen LogP contribution >= 0.6 is 0 Å². The van der Waals surface area contributed by atoms with Crippen molar-refractivity contribution in [2.75, 3.05) is 21.1 Å². The lowest BCUT2D eigenvalue weighted by Crippen LogP contribution is -2.33. The molecule has 1 aliphatic rings. The molecule has 1 heterocycles. The van der Waals surface area contributed by atoms with Gasteiger partial charge in [0.1, 0.15) is 17.2 Å². The Morgan fingerprint density at radius 3 is 1.40 bits per heavy atom. The van der Waals surface area contributed by atoms with Crippen LogP contribution < -0.4 is 21.1 Å². The van der Waals surface area contributed by atoms with E-state index in [0.717, 1.165) is 0 Å². The summed E-state index contributed by atoms with van der Waals surface area (Å²) in [5, 5.41) is 31.3. The monoisotopic (exact) mass is 628 g/mol. The molecule has 3 aromatic carbocycles. The molecule has 242 valence electrons. The van der Waals surface area contributed by atoms with E-state index in [4.69, 9.17) is 20.1 Å². The van der Waals surface area contributed by atoms with Crippen LogP contribution in [0.5, 0.6) is 17.2 Å². The zero-order chi connectivity index (χ0) is 33.2. The van der Waals surface area contributed by atoms with Gasteiger partial charge in [-0.05, 0) is 79.8 Å². The smallest absolute Gasteiger partial charge is 0.508 e. The Kier molecular flexibility index (Phi) is 17.4. The maximum atomic E-state index is 11.5. The second-order valence-electron chi connectivity index (χ2n) is 8.11. The summed E-state index contributed by atoms with van der Waals surface area (Å²) in [6.45, 7) is 0. The number of amides is 4. The van der Waals surface area contributed by atoms with Gasteiger partial charge >= 0.3 is 12.1 Å². The van der Waals surface area contributed by atoms with Crippen molar-refractivity contribution in [3.63, 3.8) is 0 Å². The summed E-state index contributed by atoms with van der Waals surface area (Å²) in [7, 11) is 4.56. The highest BCUT2D eigenvalue weighted by molar-refractivity contribution is 6.01. The molecule has 1 fully saturated rings. The molecule has 0 spiro atoms. The number of carbonyl (C=O) groups is 6. The zero-order valence-corrected chi connectivity index (χ0v) is 24.0. The number of hydrogen-bond donors (Lipinski definition) is 6. The number of rotatable bonds is 5. The number of imide groups is 1. The number of aromatic hydroxyl groups is 2. The van der Waals surface area contributed by atoms with Crippen LogP contribution in [0.2, 0.25) is 0 Å². The quantitative estimate of drug-likeness (QED) is 0.136. The van der Waals surface area contributed by atoms with Crippen LogP contribution in [0.25, 0.3) is 0 Å². The van der Waals surface area contributed by atoms with Crippen LogP contribution in [-0.4, -0.2) is 77.3 Å². The van der Waals surface area contributed by atoms with Crippen LogP contribution in [0, 0.1) is 0 Å². The first-order chi connectivity index (χ1) is 20.9. The summed E-state index contributed by atoms with van der Waals surface area (Å²) in [6, 6.07) is 17.1. The van der Waals surface area contributed by atoms with Gasteiger partial charge in [0.05, 0.1) is 5.56 Å². The lowest BCUT2D eigenvalue weighted by Gasteiger charge is -2.12. The molecule has 15 nitrogen and oxygen atoms in total. The van der Waals surface area contributed by atoms with Crippen molar-refractivity contribution in [2.45, 2.75) is 20.3 Å². The zero-order valence-electron chi connectivity index (χ0n) is 24.0. The summed E-state index contributed by atoms with van der Waals surface area (Å²) in [5.41, 5.74) is 5.62. The third kappa shape index (κ3) is 13.3. The summed E-state index contributed by atoms with van der Waals surface area (Å²) >= 11 is 0. The standard InChI is InChI=1S/C13H12N2O6.C8H9NO2.C7H6O3.CH5N.CH4/c1-14-12(18)8-2-4-9(5-3-8)20-13(19)21-15-10(16)6-7-11(15)17;1-9-8(11)6-2-4-7(10)5-3-6;8-6-3-1-5(2-4-6)7(9)10;1-2;/h2-5H,6-7H2,1H3,(H,14,18);2-5,10H,1H3,(H,9,11);1-4,8H,(H,9,10);2H2,1H3;1H4. The molecule has 0 aliphatic carbocycles. The van der Waals surface area contributed by atoms with E-state index in [1.165, 1.54) is 74.8 Å². The SMILES string of the molecule is C.CN.CNC(=O)c1ccc(O)cc1.CNC(=O)c1ccc(OC(=O)ON2C(=O)CCC2=O)cc1.O=C(O)c1ccc(O)cc1. The predicted molar refractivity (Wildman–Crippen MR) is 161 cm³/mol. The van der Waals surface area contributed by atoms with Gasteiger partial charge in [-0.25, -0.2) is 9.59 Å². The minimum absolute atomic E-state index is 0. The normalized spacial score (nSPS) is 11.0. The van der Waals surface area contributed by atoms with Gasteiger partial charge in [-0.2, -0.15) is 0 Å². The molecule has 1 aliphatic heterocycles. The number of benzene rings is 3. The summed E-state index contributed by atoms with van der Waals surface area (Å²) in [5.74, 6) is -2.24. The highest BCUT2D eigenvalue weighted by Gasteiger charge is 2.33. The number of carbonyl (C=O) groups excluding carboxylic acids is 5. The summed E-state index contributed by atoms with van der Waals surface area (Å²) in [6.07, 6.45) is -1.19. The molecule has 3 aromatic rings. The van der Waals surface area contributed by atoms with Gasteiger partial charge < -0.3 is 36.4 Å². The van der Waals surface area contributed by atoms with Crippen molar-refractivity contribution in [1.82, 2.24) is 15.7 Å². The fourth-order valence-electron chi connectivity index (χ4n) is 3.03. The molecule has 45 heavy (non-hydrogen) atoms. The highest BCUT2D eigenvalue weighted by Crippen LogP contribution is 2.16. The lowest BCUT2D eigenvalue weighted by molar-refractivity contribution is -0.174. The fourth-order valence-corrected chi connectivity index (χ4v) is 3.03. The third-order valence-electron chi connectivity index (χ3n) is 5.19. The molecule has 0 saturated carbocycles. The number of phenols is 2. The second kappa shape index (κ2) is 20.0. The van der Waals surface area contributed by atoms with Crippen LogP contribution in [-0.2, 0) is 14.4 Å². The van der Waals surface area contributed by atoms with Gasteiger partial charge in [-0.1, -0.05) is 12.5 Å². The number of carboxylic acid groups (broad SMARTS) is 1. The van der Waals surface area contributed by atoms with Gasteiger partial charge in [0.15, 0.2) is 0 Å². The van der Waals surface area contributed by atoms with Gasteiger partial charge in [-0.15, -0.1) is 0 Å². The Morgan fingerprint density at radius 2 is 1.04 bits per heavy atom. The Bertz CT molecular complexity index is 1410. The lowest BCUT2D eigenvalue weighted by atomic mass is 10.2. The van der Waals surface area contributed by atoms with Crippen molar-refractivity contribution in [1.29, 1.82) is 0 Å². The van der Waals surface area contributed by atoms with E-state index < -0.39 is 23.9 Å². The molecule has 4 rings (SSSR count). The van der Waals surface area contributed by atoms with Gasteiger partial charge in [0.2, 0.25) is 0 Å². The number of nitrogens with zero attached hydrogens (tertiary/aromatic N) is 1. The number of aromatic carboxylic acids is 1. The Hall–Kier alpha value is -5.96. The summed E-state index contributed by atoms with van der Waals surface area (Å²) in [4.78, 5) is 71.0. The Balaban J connectivity index is 0.000000682. The molecule has 4 amide bonds. The molecular weight excluding hydrogens is 592 g/mol. The van der Waals surface area contributed by atoms with E-state index in [2.05, 4.69) is 21.2 Å². The predicted octanol–water partition coefficient (Wildman–Crippen LogP) is 2.68. The maximum Gasteiger partial charge on any atom is 0.539 e. The van der Waals surface area contributed by atoms with Crippen LogP contribution in [0.4, 0.5) is 4.79 Å². The highest BCUT2D eigenvalue weighted by atomic mass is 16.8. The van der Waals surface area contributed by atoms with Gasteiger partial charge in [-0.3, -0.25) is 24.0 Å². The molecule has 0 radical (unpaired) electrons. The minimum atomic E-state index is -1.20. The van der Waals surface area contributed by atoms with Crippen LogP contribution in [0.15, 0.2) is 72.8 Å². The second-order valence-corrected chi connectivity index (χ2v) is 8.11. The largest absolute Gasteiger partial charge is 0.539 e. The number of phenolic OH excluding ortho intramolecular Hbond substituents is 2. The van der Waals surface area contributed by atoms with Crippen molar-refractivity contribution >= 4 is 35.8 Å². The minimum Gasteiger partial charge on any atom is -0.508 e. The van der Waals surface area contributed by atoms with Gasteiger partial charge in [0.25, 0.3) is 23.6 Å². The van der Waals surface area contributed by atoms with E-state index in [-0.39, 0.29) is 54.9 Å². The first-order valence-corrected chi connectivity index (χ1v) is 12.6. The Labute approximate surface area is 259 Å². The number of nitrogens with two attached hydrogens (primary N) is 1. The third-order valence-corrected chi connectivity index (χ3v) is 5.19. The van der Waals surface area contributed by atoms with E-state index >= 15 is 0 Å². The Morgan fingerprint density at radius 1 is 0.689 bits per heavy atom. The molecule has 0 atom stereocenters. The first-order valence-electron chi connectivity index (χ1n) is 12.6. The number of hydrogen-bond acceptors (Lipinski definition) is 11. The van der Waals surface area contributed by atoms with Crippen molar-refractivity contribution in [3.8, 4) is 17.2 Å². The molecule has 0 bridgehead atoms. The maximum absolute atomic E-state index is 11.5. The van der Waals surface area contributed by atoms with Crippen molar-refractivity contribution in [3.05, 3.63) is 89.5 Å². The molecule has 0 aromatic heterocycles. The summed E-state index contributed by atoms with van der Waals surface area (Å²) < 4.78 is 4.80. The first kappa shape index (κ1) is 39.0. The topological polar surface area (TPSA) is 235 Å². The average Bonchev–Trinajstić information content (AvgIpc) is 3.35. The van der Waals surface area contributed by atoms with E-state index in [1.54, 1.807) is 19.2 Å². The van der Waals surface area contributed by atoms with Crippen LogP contribution in [0.3, 0.4) is 0 Å². The molecular formula is C30H36N4O11.